The predicted molar refractivity (Wildman–Crippen MR) is 107 cm³/mol. The van der Waals surface area contributed by atoms with E-state index in [4.69, 9.17) is 5.73 Å². The Bertz CT molecular complexity index is 913. The van der Waals surface area contributed by atoms with Gasteiger partial charge in [-0.3, -0.25) is 4.79 Å². The largest absolute Gasteiger partial charge is 0.346 e. The molecule has 136 valence electrons. The van der Waals surface area contributed by atoms with Crippen molar-refractivity contribution in [2.75, 3.05) is 5.32 Å². The smallest absolute Gasteiger partial charge is 0.241 e. The molecule has 0 saturated heterocycles. The summed E-state index contributed by atoms with van der Waals surface area (Å²) in [6.07, 6.45) is 5.25. The second-order valence-corrected chi connectivity index (χ2v) is 7.05. The van der Waals surface area contributed by atoms with Gasteiger partial charge in [0.25, 0.3) is 0 Å². The molecule has 2 heterocycles. The highest BCUT2D eigenvalue weighted by Crippen LogP contribution is 2.31. The van der Waals surface area contributed by atoms with Crippen LogP contribution in [0.1, 0.15) is 32.8 Å². The summed E-state index contributed by atoms with van der Waals surface area (Å²) in [5.41, 5.74) is 11.1. The van der Waals surface area contributed by atoms with E-state index in [1.165, 1.54) is 5.56 Å². The van der Waals surface area contributed by atoms with Crippen LogP contribution in [0.2, 0.25) is 0 Å². The number of benzene rings is 1. The number of rotatable bonds is 6. The summed E-state index contributed by atoms with van der Waals surface area (Å²) in [6.45, 7) is 6.24. The van der Waals surface area contributed by atoms with Gasteiger partial charge in [0.15, 0.2) is 0 Å². The van der Waals surface area contributed by atoms with E-state index in [9.17, 15) is 4.79 Å². The highest BCUT2D eigenvalue weighted by atomic mass is 16.2. The van der Waals surface area contributed by atoms with E-state index in [2.05, 4.69) is 42.1 Å². The Kier molecular flexibility index (Phi) is 5.38. The minimum atomic E-state index is -0.487. The number of carbonyl (C=O) groups is 1. The number of nitrogens with one attached hydrogen (secondary N) is 2. The number of hydrogen-bond acceptors (Lipinski definition) is 3. The fourth-order valence-electron chi connectivity index (χ4n) is 3.27. The number of nitrogens with zero attached hydrogens (tertiary/aromatic N) is 1. The number of carbonyl (C=O) groups excluding carboxylic acids is 1. The van der Waals surface area contributed by atoms with Crippen molar-refractivity contribution in [2.45, 2.75) is 39.7 Å². The first-order chi connectivity index (χ1) is 12.5. The molecule has 1 aromatic carbocycles. The van der Waals surface area contributed by atoms with E-state index < -0.39 is 6.04 Å². The van der Waals surface area contributed by atoms with Gasteiger partial charge >= 0.3 is 0 Å². The Morgan fingerprint density at radius 1 is 1.23 bits per heavy atom. The fraction of sp³-hybridized carbons (Fsp3) is 0.333. The zero-order valence-corrected chi connectivity index (χ0v) is 15.5. The molecule has 0 radical (unpaired) electrons. The Balaban J connectivity index is 1.89. The molecule has 0 aliphatic carbocycles. The van der Waals surface area contributed by atoms with Gasteiger partial charge in [-0.05, 0) is 59.7 Å². The predicted octanol–water partition coefficient (Wildman–Crippen LogP) is 4.10. The summed E-state index contributed by atoms with van der Waals surface area (Å²) >= 11 is 0. The van der Waals surface area contributed by atoms with Gasteiger partial charge in [0.1, 0.15) is 5.65 Å². The average Bonchev–Trinajstić information content (AvgIpc) is 3.09. The van der Waals surface area contributed by atoms with Crippen LogP contribution >= 0.6 is 0 Å². The molecule has 5 heteroatoms. The molecule has 0 saturated carbocycles. The Morgan fingerprint density at radius 2 is 2.04 bits per heavy atom. The van der Waals surface area contributed by atoms with Crippen molar-refractivity contribution in [3.63, 3.8) is 0 Å². The van der Waals surface area contributed by atoms with Crippen molar-refractivity contribution in [1.29, 1.82) is 0 Å². The van der Waals surface area contributed by atoms with Crippen LogP contribution in [0.3, 0.4) is 0 Å². The fourth-order valence-corrected chi connectivity index (χ4v) is 3.27. The lowest BCUT2D eigenvalue weighted by molar-refractivity contribution is -0.117. The number of aromatic amines is 1. The summed E-state index contributed by atoms with van der Waals surface area (Å²) in [5, 5.41) is 4.05. The molecule has 0 bridgehead atoms. The molecule has 4 N–H and O–H groups in total. The summed E-state index contributed by atoms with van der Waals surface area (Å²) in [4.78, 5) is 19.8. The molecule has 1 atom stereocenters. The summed E-state index contributed by atoms with van der Waals surface area (Å²) in [5.74, 6) is 0.255. The summed E-state index contributed by atoms with van der Waals surface area (Å²) in [7, 11) is 0. The minimum Gasteiger partial charge on any atom is -0.346 e. The van der Waals surface area contributed by atoms with E-state index in [1.54, 1.807) is 0 Å². The van der Waals surface area contributed by atoms with E-state index >= 15 is 0 Å². The molecule has 5 nitrogen and oxygen atoms in total. The van der Waals surface area contributed by atoms with Crippen molar-refractivity contribution in [3.05, 3.63) is 48.3 Å². The highest BCUT2D eigenvalue weighted by molar-refractivity contribution is 5.97. The second kappa shape index (κ2) is 7.70. The third kappa shape index (κ3) is 3.78. The number of aryl methyl sites for hydroxylation is 1. The Labute approximate surface area is 154 Å². The maximum absolute atomic E-state index is 12.3. The minimum absolute atomic E-state index is 0.134. The molecule has 3 rings (SSSR count). The van der Waals surface area contributed by atoms with Crippen molar-refractivity contribution in [1.82, 2.24) is 9.97 Å². The van der Waals surface area contributed by atoms with Crippen molar-refractivity contribution in [2.24, 2.45) is 11.7 Å². The van der Waals surface area contributed by atoms with Crippen LogP contribution < -0.4 is 11.1 Å². The molecule has 0 spiro atoms. The average molecular weight is 350 g/mol. The molecule has 1 amide bonds. The molecule has 0 aliphatic heterocycles. The van der Waals surface area contributed by atoms with Crippen molar-refractivity contribution in [3.8, 4) is 11.1 Å². The second-order valence-electron chi connectivity index (χ2n) is 7.05. The zero-order chi connectivity index (χ0) is 18.7. The Morgan fingerprint density at radius 3 is 2.77 bits per heavy atom. The zero-order valence-electron chi connectivity index (χ0n) is 15.5. The summed E-state index contributed by atoms with van der Waals surface area (Å²) in [6, 6.07) is 9.62. The molecular weight excluding hydrogens is 324 g/mol. The molecular formula is C21H26N4O. The third-order valence-corrected chi connectivity index (χ3v) is 4.57. The van der Waals surface area contributed by atoms with Gasteiger partial charge in [0, 0.05) is 23.5 Å². The van der Waals surface area contributed by atoms with Gasteiger partial charge in [-0.2, -0.15) is 0 Å². The first kappa shape index (κ1) is 18.1. The number of pyridine rings is 1. The van der Waals surface area contributed by atoms with Gasteiger partial charge in [0.2, 0.25) is 5.91 Å². The molecule has 3 aromatic rings. The van der Waals surface area contributed by atoms with E-state index in [1.807, 2.05) is 36.7 Å². The van der Waals surface area contributed by atoms with E-state index in [0.29, 0.717) is 12.3 Å². The third-order valence-electron chi connectivity index (χ3n) is 4.57. The van der Waals surface area contributed by atoms with Crippen LogP contribution in [0.4, 0.5) is 5.69 Å². The van der Waals surface area contributed by atoms with Crippen LogP contribution in [-0.4, -0.2) is 21.9 Å². The van der Waals surface area contributed by atoms with Gasteiger partial charge in [-0.25, -0.2) is 4.98 Å². The number of fused-ring (bicyclic) bond motifs is 1. The van der Waals surface area contributed by atoms with Crippen LogP contribution in [0.25, 0.3) is 22.2 Å². The van der Waals surface area contributed by atoms with Crippen LogP contribution in [0.5, 0.6) is 0 Å². The number of H-pyrrole nitrogens is 1. The monoisotopic (exact) mass is 350 g/mol. The van der Waals surface area contributed by atoms with Gasteiger partial charge < -0.3 is 16.0 Å². The summed E-state index contributed by atoms with van der Waals surface area (Å²) < 4.78 is 0. The van der Waals surface area contributed by atoms with Gasteiger partial charge in [-0.15, -0.1) is 0 Å². The molecule has 0 aliphatic rings. The van der Waals surface area contributed by atoms with Crippen molar-refractivity contribution < 1.29 is 4.79 Å². The number of hydrogen-bond donors (Lipinski definition) is 3. The quantitative estimate of drug-likeness (QED) is 0.626. The maximum atomic E-state index is 12.3. The van der Waals surface area contributed by atoms with E-state index in [-0.39, 0.29) is 5.91 Å². The van der Waals surface area contributed by atoms with Gasteiger partial charge in [-0.1, -0.05) is 26.8 Å². The lowest BCUT2D eigenvalue weighted by Gasteiger charge is -2.16. The number of aromatic nitrogens is 2. The topological polar surface area (TPSA) is 83.8 Å². The van der Waals surface area contributed by atoms with E-state index in [0.717, 1.165) is 34.3 Å². The number of nitrogens with two attached hydrogens (primary N) is 1. The highest BCUT2D eigenvalue weighted by Gasteiger charge is 2.16. The molecule has 26 heavy (non-hydrogen) atoms. The maximum Gasteiger partial charge on any atom is 0.241 e. The van der Waals surface area contributed by atoms with Gasteiger partial charge in [0.05, 0.1) is 6.04 Å². The lowest BCUT2D eigenvalue weighted by atomic mass is 9.96. The first-order valence-corrected chi connectivity index (χ1v) is 9.11. The Hall–Kier alpha value is -2.66. The molecule has 2 aromatic heterocycles. The number of amides is 1. The van der Waals surface area contributed by atoms with Crippen LogP contribution in [0.15, 0.2) is 42.7 Å². The van der Waals surface area contributed by atoms with Crippen LogP contribution in [0, 0.1) is 5.92 Å². The van der Waals surface area contributed by atoms with Crippen molar-refractivity contribution >= 4 is 22.6 Å². The standard InChI is InChI=1S/C21H26N4O/c1-4-14-12-15(25-21(26)19(22)11-13(2)3)5-6-16(14)17-7-9-23-20-18(17)8-10-24-20/h5-10,12-13,19H,4,11,22H2,1-3H3,(H,23,24)(H,25,26)/t19-/m1/s1. The van der Waals surface area contributed by atoms with Crippen LogP contribution in [-0.2, 0) is 11.2 Å². The normalized spacial score (nSPS) is 12.5. The molecule has 0 unspecified atom stereocenters. The first-order valence-electron chi connectivity index (χ1n) is 9.11. The number of anilines is 1. The SMILES string of the molecule is CCc1cc(NC(=O)[C@H](N)CC(C)C)ccc1-c1ccnc2[nH]ccc12. The molecule has 0 fully saturated rings. The lowest BCUT2D eigenvalue weighted by Crippen LogP contribution is -2.36.